The van der Waals surface area contributed by atoms with Gasteiger partial charge in [-0.25, -0.2) is 4.68 Å². The highest BCUT2D eigenvalue weighted by Gasteiger charge is 2.05. The number of aryl methyl sites for hydroxylation is 2. The second kappa shape index (κ2) is 6.92. The van der Waals surface area contributed by atoms with E-state index >= 15 is 0 Å². The second-order valence-electron chi connectivity index (χ2n) is 5.44. The van der Waals surface area contributed by atoms with Crippen LogP contribution in [0.4, 0.5) is 0 Å². The fraction of sp³-hybridized carbons (Fsp3) is 0.211. The van der Waals surface area contributed by atoms with Gasteiger partial charge in [0.2, 0.25) is 0 Å². The second-order valence-corrected chi connectivity index (χ2v) is 6.46. The van der Waals surface area contributed by atoms with E-state index in [2.05, 4.69) is 48.4 Å². The molecule has 0 N–H and O–H groups in total. The lowest BCUT2D eigenvalue weighted by Gasteiger charge is -2.09. The number of rotatable bonds is 5. The van der Waals surface area contributed by atoms with E-state index in [1.807, 2.05) is 29.8 Å². The van der Waals surface area contributed by atoms with Crippen molar-refractivity contribution in [2.24, 2.45) is 0 Å². The van der Waals surface area contributed by atoms with Crippen molar-refractivity contribution in [1.82, 2.24) is 9.78 Å². The predicted molar refractivity (Wildman–Crippen MR) is 95.6 cm³/mol. The largest absolute Gasteiger partial charge is 0.496 e. The van der Waals surface area contributed by atoms with E-state index in [9.17, 15) is 0 Å². The van der Waals surface area contributed by atoms with Gasteiger partial charge in [0, 0.05) is 16.3 Å². The van der Waals surface area contributed by atoms with Crippen LogP contribution >= 0.6 is 11.8 Å². The van der Waals surface area contributed by atoms with Gasteiger partial charge in [0.1, 0.15) is 5.75 Å². The summed E-state index contributed by atoms with van der Waals surface area (Å²) in [6.45, 7) is 4.09. The normalized spacial score (nSPS) is 10.7. The maximum atomic E-state index is 5.39. The first-order chi connectivity index (χ1) is 11.2. The number of ether oxygens (including phenoxy) is 1. The molecule has 118 valence electrons. The Bertz CT molecular complexity index is 793. The third-order valence-electron chi connectivity index (χ3n) is 3.65. The zero-order valence-electron chi connectivity index (χ0n) is 13.6. The molecule has 1 aromatic heterocycles. The Morgan fingerprint density at radius 1 is 1.04 bits per heavy atom. The molecular weight excluding hydrogens is 304 g/mol. The van der Waals surface area contributed by atoms with Crippen LogP contribution in [-0.4, -0.2) is 16.9 Å². The standard InChI is InChI=1S/C19H20N2OS/c1-14-12-15(2)21(20-14)17-10-8-16(9-11-17)13-23-19-7-5-4-6-18(19)22-3/h4-12H,13H2,1-3H3. The molecule has 0 saturated carbocycles. The molecule has 3 nitrogen and oxygen atoms in total. The Labute approximate surface area is 141 Å². The molecule has 0 aliphatic rings. The van der Waals surface area contributed by atoms with E-state index in [0.717, 1.165) is 33.5 Å². The van der Waals surface area contributed by atoms with Crippen LogP contribution in [0.25, 0.3) is 5.69 Å². The highest BCUT2D eigenvalue weighted by Crippen LogP contribution is 2.31. The topological polar surface area (TPSA) is 27.1 Å². The van der Waals surface area contributed by atoms with Gasteiger partial charge in [-0.2, -0.15) is 5.10 Å². The third kappa shape index (κ3) is 3.59. The fourth-order valence-corrected chi connectivity index (χ4v) is 3.51. The Hall–Kier alpha value is -2.20. The summed E-state index contributed by atoms with van der Waals surface area (Å²) >= 11 is 1.79. The van der Waals surface area contributed by atoms with E-state index in [4.69, 9.17) is 4.74 Å². The number of benzene rings is 2. The van der Waals surface area contributed by atoms with E-state index in [1.54, 1.807) is 18.9 Å². The predicted octanol–water partition coefficient (Wildman–Crippen LogP) is 4.79. The summed E-state index contributed by atoms with van der Waals surface area (Å²) in [6.07, 6.45) is 0. The van der Waals surface area contributed by atoms with E-state index in [1.165, 1.54) is 5.56 Å². The van der Waals surface area contributed by atoms with Crippen LogP contribution in [0.1, 0.15) is 17.0 Å². The summed E-state index contributed by atoms with van der Waals surface area (Å²) < 4.78 is 7.37. The van der Waals surface area contributed by atoms with E-state index < -0.39 is 0 Å². The molecule has 0 atom stereocenters. The lowest BCUT2D eigenvalue weighted by Crippen LogP contribution is -1.98. The number of thioether (sulfide) groups is 1. The first-order valence-corrected chi connectivity index (χ1v) is 8.54. The monoisotopic (exact) mass is 324 g/mol. The average molecular weight is 324 g/mol. The van der Waals surface area contributed by atoms with Crippen molar-refractivity contribution in [3.8, 4) is 11.4 Å². The molecule has 0 saturated heterocycles. The van der Waals surface area contributed by atoms with Crippen LogP contribution in [-0.2, 0) is 5.75 Å². The van der Waals surface area contributed by atoms with Crippen molar-refractivity contribution in [3.63, 3.8) is 0 Å². The minimum absolute atomic E-state index is 0.914. The lowest BCUT2D eigenvalue weighted by atomic mass is 10.2. The molecule has 0 fully saturated rings. The van der Waals surface area contributed by atoms with Crippen LogP contribution in [0.15, 0.2) is 59.5 Å². The smallest absolute Gasteiger partial charge is 0.132 e. The van der Waals surface area contributed by atoms with Gasteiger partial charge in [0.15, 0.2) is 0 Å². The molecule has 0 bridgehead atoms. The number of aromatic nitrogens is 2. The summed E-state index contributed by atoms with van der Waals surface area (Å²) in [7, 11) is 1.71. The molecule has 23 heavy (non-hydrogen) atoms. The molecular formula is C19H20N2OS. The van der Waals surface area contributed by atoms with Crippen molar-refractivity contribution >= 4 is 11.8 Å². The van der Waals surface area contributed by atoms with Gasteiger partial charge >= 0.3 is 0 Å². The van der Waals surface area contributed by atoms with Crippen LogP contribution in [0.5, 0.6) is 5.75 Å². The van der Waals surface area contributed by atoms with Crippen molar-refractivity contribution in [3.05, 3.63) is 71.5 Å². The molecule has 0 radical (unpaired) electrons. The minimum Gasteiger partial charge on any atom is -0.496 e. The summed E-state index contributed by atoms with van der Waals surface area (Å²) in [4.78, 5) is 1.16. The SMILES string of the molecule is COc1ccccc1SCc1ccc(-n2nc(C)cc2C)cc1. The van der Waals surface area contributed by atoms with Crippen LogP contribution < -0.4 is 4.74 Å². The number of methoxy groups -OCH3 is 1. The highest BCUT2D eigenvalue weighted by molar-refractivity contribution is 7.98. The molecule has 0 amide bonds. The van der Waals surface area contributed by atoms with Gasteiger partial charge in [-0.15, -0.1) is 11.8 Å². The molecule has 0 aliphatic carbocycles. The number of para-hydroxylation sites is 1. The Kier molecular flexibility index (Phi) is 4.72. The summed E-state index contributed by atoms with van der Waals surface area (Å²) in [6, 6.07) is 18.8. The molecule has 4 heteroatoms. The molecule has 0 aliphatic heterocycles. The molecule has 2 aromatic carbocycles. The van der Waals surface area contributed by atoms with Gasteiger partial charge < -0.3 is 4.74 Å². The average Bonchev–Trinajstić information content (AvgIpc) is 2.92. The van der Waals surface area contributed by atoms with E-state index in [0.29, 0.717) is 0 Å². The lowest BCUT2D eigenvalue weighted by molar-refractivity contribution is 0.405. The van der Waals surface area contributed by atoms with Gasteiger partial charge in [0.25, 0.3) is 0 Å². The van der Waals surface area contributed by atoms with Gasteiger partial charge in [0.05, 0.1) is 18.5 Å². The quantitative estimate of drug-likeness (QED) is 0.631. The minimum atomic E-state index is 0.914. The Morgan fingerprint density at radius 3 is 2.43 bits per heavy atom. The zero-order valence-corrected chi connectivity index (χ0v) is 14.4. The summed E-state index contributed by atoms with van der Waals surface area (Å²) in [5, 5.41) is 4.52. The van der Waals surface area contributed by atoms with Gasteiger partial charge in [-0.3, -0.25) is 0 Å². The first-order valence-electron chi connectivity index (χ1n) is 7.56. The Morgan fingerprint density at radius 2 is 1.78 bits per heavy atom. The molecule has 3 aromatic rings. The maximum absolute atomic E-state index is 5.39. The highest BCUT2D eigenvalue weighted by atomic mass is 32.2. The van der Waals surface area contributed by atoms with Crippen LogP contribution in [0, 0.1) is 13.8 Å². The number of hydrogen-bond donors (Lipinski definition) is 0. The summed E-state index contributed by atoms with van der Waals surface area (Å²) in [5.41, 5.74) is 4.57. The van der Waals surface area contributed by atoms with Crippen molar-refractivity contribution < 1.29 is 4.74 Å². The van der Waals surface area contributed by atoms with Crippen molar-refractivity contribution in [2.45, 2.75) is 24.5 Å². The van der Waals surface area contributed by atoms with E-state index in [-0.39, 0.29) is 0 Å². The van der Waals surface area contributed by atoms with Crippen molar-refractivity contribution in [1.29, 1.82) is 0 Å². The summed E-state index contributed by atoms with van der Waals surface area (Å²) in [5.74, 6) is 1.84. The first kappa shape index (κ1) is 15.7. The number of hydrogen-bond acceptors (Lipinski definition) is 3. The van der Waals surface area contributed by atoms with Gasteiger partial charge in [-0.1, -0.05) is 24.3 Å². The Balaban J connectivity index is 1.72. The van der Waals surface area contributed by atoms with Crippen molar-refractivity contribution in [2.75, 3.05) is 7.11 Å². The molecule has 1 heterocycles. The van der Waals surface area contributed by atoms with Crippen LogP contribution in [0.3, 0.4) is 0 Å². The molecule has 0 unspecified atom stereocenters. The maximum Gasteiger partial charge on any atom is 0.132 e. The molecule has 3 rings (SSSR count). The van der Waals surface area contributed by atoms with Gasteiger partial charge in [-0.05, 0) is 49.7 Å². The zero-order chi connectivity index (χ0) is 16.2. The fourth-order valence-electron chi connectivity index (χ4n) is 2.52. The van der Waals surface area contributed by atoms with Crippen LogP contribution in [0.2, 0.25) is 0 Å². The third-order valence-corrected chi connectivity index (χ3v) is 4.78. The number of nitrogens with zero attached hydrogens (tertiary/aromatic N) is 2. The molecule has 0 spiro atoms.